The van der Waals surface area contributed by atoms with Crippen LogP contribution >= 0.6 is 0 Å². The third-order valence-electron chi connectivity index (χ3n) is 4.84. The van der Waals surface area contributed by atoms with Crippen molar-refractivity contribution >= 4 is 11.8 Å². The van der Waals surface area contributed by atoms with E-state index in [-0.39, 0.29) is 17.7 Å². The fourth-order valence-corrected chi connectivity index (χ4v) is 3.48. The Morgan fingerprint density at radius 2 is 1.91 bits per heavy atom. The second-order valence-corrected chi connectivity index (χ2v) is 6.62. The zero-order chi connectivity index (χ0) is 16.2. The van der Waals surface area contributed by atoms with E-state index in [1.807, 2.05) is 11.0 Å². The van der Waals surface area contributed by atoms with Crippen molar-refractivity contribution in [1.82, 2.24) is 14.7 Å². The van der Waals surface area contributed by atoms with Gasteiger partial charge in [0.1, 0.15) is 0 Å². The molecule has 2 saturated heterocycles. The third-order valence-corrected chi connectivity index (χ3v) is 4.84. The zero-order valence-electron chi connectivity index (χ0n) is 13.8. The number of carbonyl (C=O) groups excluding carboxylic acids is 2. The standard InChI is InChI=1S/C18H25N3O2/c1-19-14-16(12-17(19)22)18(23)21-9-5-8-20(10-11-21)13-15-6-3-2-4-7-15/h2-4,6-7,16H,5,8-14H2,1H3/t16-/m0/s1. The minimum absolute atomic E-state index is 0.0869. The van der Waals surface area contributed by atoms with Crippen molar-refractivity contribution in [2.24, 2.45) is 5.92 Å². The molecular weight excluding hydrogens is 290 g/mol. The first-order chi connectivity index (χ1) is 11.1. The number of carbonyl (C=O) groups is 2. The van der Waals surface area contributed by atoms with Gasteiger partial charge in [-0.25, -0.2) is 0 Å². The van der Waals surface area contributed by atoms with Crippen LogP contribution in [-0.4, -0.2) is 66.3 Å². The molecule has 0 N–H and O–H groups in total. The minimum Gasteiger partial charge on any atom is -0.345 e. The second-order valence-electron chi connectivity index (χ2n) is 6.62. The van der Waals surface area contributed by atoms with E-state index in [9.17, 15) is 9.59 Å². The summed E-state index contributed by atoms with van der Waals surface area (Å²) in [5, 5.41) is 0. The maximum absolute atomic E-state index is 12.6. The molecule has 5 nitrogen and oxygen atoms in total. The smallest absolute Gasteiger partial charge is 0.228 e. The van der Waals surface area contributed by atoms with Gasteiger partial charge in [0.05, 0.1) is 5.92 Å². The van der Waals surface area contributed by atoms with Gasteiger partial charge in [-0.05, 0) is 12.0 Å². The molecular formula is C18H25N3O2. The number of likely N-dealkylation sites (tertiary alicyclic amines) is 1. The Morgan fingerprint density at radius 3 is 2.61 bits per heavy atom. The van der Waals surface area contributed by atoms with Crippen LogP contribution in [0.25, 0.3) is 0 Å². The van der Waals surface area contributed by atoms with Gasteiger partial charge in [-0.3, -0.25) is 14.5 Å². The number of hydrogen-bond acceptors (Lipinski definition) is 3. The van der Waals surface area contributed by atoms with Crippen molar-refractivity contribution in [2.75, 3.05) is 39.8 Å². The average molecular weight is 315 g/mol. The van der Waals surface area contributed by atoms with E-state index >= 15 is 0 Å². The van der Waals surface area contributed by atoms with Crippen LogP contribution in [0.5, 0.6) is 0 Å². The van der Waals surface area contributed by atoms with E-state index in [1.165, 1.54) is 5.56 Å². The zero-order valence-corrected chi connectivity index (χ0v) is 13.8. The summed E-state index contributed by atoms with van der Waals surface area (Å²) in [6.45, 7) is 4.99. The molecule has 0 bridgehead atoms. The quantitative estimate of drug-likeness (QED) is 0.842. The molecule has 5 heteroatoms. The average Bonchev–Trinajstić information content (AvgIpc) is 2.76. The van der Waals surface area contributed by atoms with Crippen molar-refractivity contribution in [1.29, 1.82) is 0 Å². The van der Waals surface area contributed by atoms with E-state index in [0.717, 1.165) is 39.1 Å². The maximum atomic E-state index is 12.6. The maximum Gasteiger partial charge on any atom is 0.228 e. The fourth-order valence-electron chi connectivity index (χ4n) is 3.48. The Bertz CT molecular complexity index is 561. The number of nitrogens with zero attached hydrogens (tertiary/aromatic N) is 3. The summed E-state index contributed by atoms with van der Waals surface area (Å²) in [7, 11) is 1.78. The first kappa shape index (κ1) is 16.0. The molecule has 0 unspecified atom stereocenters. The molecule has 0 aliphatic carbocycles. The lowest BCUT2D eigenvalue weighted by Crippen LogP contribution is -2.39. The van der Waals surface area contributed by atoms with Crippen LogP contribution < -0.4 is 0 Å². The van der Waals surface area contributed by atoms with Gasteiger partial charge < -0.3 is 9.80 Å². The molecule has 1 aromatic rings. The first-order valence-corrected chi connectivity index (χ1v) is 8.42. The molecule has 1 aromatic carbocycles. The SMILES string of the molecule is CN1C[C@@H](C(=O)N2CCCN(Cc3ccccc3)CC2)CC1=O. The van der Waals surface area contributed by atoms with Gasteiger partial charge in [-0.1, -0.05) is 30.3 Å². The largest absolute Gasteiger partial charge is 0.345 e. The molecule has 23 heavy (non-hydrogen) atoms. The van der Waals surface area contributed by atoms with Crippen LogP contribution in [0.2, 0.25) is 0 Å². The molecule has 2 heterocycles. The van der Waals surface area contributed by atoms with Gasteiger partial charge in [0.25, 0.3) is 0 Å². The number of rotatable bonds is 3. The number of amides is 2. The molecule has 2 amide bonds. The Labute approximate surface area is 137 Å². The highest BCUT2D eigenvalue weighted by Gasteiger charge is 2.35. The first-order valence-electron chi connectivity index (χ1n) is 8.42. The lowest BCUT2D eigenvalue weighted by molar-refractivity contribution is -0.135. The number of hydrogen-bond donors (Lipinski definition) is 0. The molecule has 1 atom stereocenters. The molecule has 2 fully saturated rings. The van der Waals surface area contributed by atoms with Gasteiger partial charge in [0, 0.05) is 52.7 Å². The molecule has 2 aliphatic heterocycles. The highest BCUT2D eigenvalue weighted by molar-refractivity contribution is 5.89. The normalized spacial score (nSPS) is 23.2. The summed E-state index contributed by atoms with van der Waals surface area (Å²) in [5.74, 6) is 0.0984. The molecule has 3 rings (SSSR count). The van der Waals surface area contributed by atoms with E-state index in [4.69, 9.17) is 0 Å². The predicted octanol–water partition coefficient (Wildman–Crippen LogP) is 1.20. The molecule has 0 aromatic heterocycles. The minimum atomic E-state index is -0.145. The monoisotopic (exact) mass is 315 g/mol. The van der Waals surface area contributed by atoms with E-state index < -0.39 is 0 Å². The Hall–Kier alpha value is -1.88. The summed E-state index contributed by atoms with van der Waals surface area (Å²) < 4.78 is 0. The lowest BCUT2D eigenvalue weighted by Gasteiger charge is -2.24. The van der Waals surface area contributed by atoms with Crippen molar-refractivity contribution < 1.29 is 9.59 Å². The summed E-state index contributed by atoms with van der Waals surface area (Å²) in [6, 6.07) is 10.5. The van der Waals surface area contributed by atoms with Crippen molar-refractivity contribution in [3.63, 3.8) is 0 Å². The molecule has 2 aliphatic rings. The van der Waals surface area contributed by atoms with Gasteiger partial charge in [0.2, 0.25) is 11.8 Å². The predicted molar refractivity (Wildman–Crippen MR) is 88.7 cm³/mol. The summed E-state index contributed by atoms with van der Waals surface area (Å²) >= 11 is 0. The van der Waals surface area contributed by atoms with Crippen LogP contribution in [0.3, 0.4) is 0 Å². The molecule has 0 radical (unpaired) electrons. The van der Waals surface area contributed by atoms with Crippen LogP contribution in [-0.2, 0) is 16.1 Å². The van der Waals surface area contributed by atoms with Gasteiger partial charge in [0.15, 0.2) is 0 Å². The number of benzene rings is 1. The van der Waals surface area contributed by atoms with Crippen molar-refractivity contribution in [2.45, 2.75) is 19.4 Å². The van der Waals surface area contributed by atoms with Crippen LogP contribution in [0, 0.1) is 5.92 Å². The summed E-state index contributed by atoms with van der Waals surface area (Å²) in [6.07, 6.45) is 1.37. The van der Waals surface area contributed by atoms with Gasteiger partial charge in [-0.15, -0.1) is 0 Å². The highest BCUT2D eigenvalue weighted by atomic mass is 16.2. The van der Waals surface area contributed by atoms with Gasteiger partial charge >= 0.3 is 0 Å². The van der Waals surface area contributed by atoms with Crippen LogP contribution in [0.1, 0.15) is 18.4 Å². The fraction of sp³-hybridized carbons (Fsp3) is 0.556. The van der Waals surface area contributed by atoms with Gasteiger partial charge in [-0.2, -0.15) is 0 Å². The Balaban J connectivity index is 1.54. The Kier molecular flexibility index (Phi) is 4.96. The lowest BCUT2D eigenvalue weighted by atomic mass is 10.1. The highest BCUT2D eigenvalue weighted by Crippen LogP contribution is 2.20. The summed E-state index contributed by atoms with van der Waals surface area (Å²) in [4.78, 5) is 30.3. The van der Waals surface area contributed by atoms with Crippen LogP contribution in [0.4, 0.5) is 0 Å². The third kappa shape index (κ3) is 3.91. The van der Waals surface area contributed by atoms with E-state index in [1.54, 1.807) is 11.9 Å². The van der Waals surface area contributed by atoms with Crippen LogP contribution in [0.15, 0.2) is 30.3 Å². The van der Waals surface area contributed by atoms with E-state index in [0.29, 0.717) is 13.0 Å². The summed E-state index contributed by atoms with van der Waals surface area (Å²) in [5.41, 5.74) is 1.32. The topological polar surface area (TPSA) is 43.9 Å². The van der Waals surface area contributed by atoms with Crippen molar-refractivity contribution in [3.8, 4) is 0 Å². The molecule has 0 saturated carbocycles. The van der Waals surface area contributed by atoms with Crippen molar-refractivity contribution in [3.05, 3.63) is 35.9 Å². The van der Waals surface area contributed by atoms with E-state index in [2.05, 4.69) is 29.2 Å². The second kappa shape index (κ2) is 7.13. The molecule has 0 spiro atoms. The molecule has 124 valence electrons. The Morgan fingerprint density at radius 1 is 1.13 bits per heavy atom.